The summed E-state index contributed by atoms with van der Waals surface area (Å²) in [5.41, 5.74) is 7.00. The van der Waals surface area contributed by atoms with E-state index in [4.69, 9.17) is 4.74 Å². The molecule has 0 aliphatic heterocycles. The lowest BCUT2D eigenvalue weighted by atomic mass is 9.75. The number of amides is 1. The van der Waals surface area contributed by atoms with Gasteiger partial charge in [-0.05, 0) is 80.2 Å². The molecule has 1 fully saturated rings. The Morgan fingerprint density at radius 1 is 1.24 bits per heavy atom. The summed E-state index contributed by atoms with van der Waals surface area (Å²) in [5, 5.41) is 4.56. The van der Waals surface area contributed by atoms with Gasteiger partial charge in [0, 0.05) is 54.6 Å². The minimum Gasteiger partial charge on any atom is -0.391 e. The van der Waals surface area contributed by atoms with Crippen LogP contribution in [0, 0.1) is 11.3 Å². The second-order valence-electron chi connectivity index (χ2n) is 10.8. The number of H-pyrrole nitrogens is 1. The maximum absolute atomic E-state index is 13.3. The van der Waals surface area contributed by atoms with E-state index in [-0.39, 0.29) is 25.4 Å². The van der Waals surface area contributed by atoms with Crippen LogP contribution in [0.5, 0.6) is 0 Å². The van der Waals surface area contributed by atoms with Crippen LogP contribution in [-0.4, -0.2) is 37.7 Å². The van der Waals surface area contributed by atoms with E-state index in [9.17, 15) is 4.79 Å². The van der Waals surface area contributed by atoms with E-state index >= 15 is 0 Å². The molecule has 1 heterocycles. The maximum Gasteiger partial charge on any atom is 0.229 e. The number of benzene rings is 1. The molecule has 0 bridgehead atoms. The average molecular weight is 510 g/mol. The Kier molecular flexibility index (Phi) is 11.0. The van der Waals surface area contributed by atoms with Crippen LogP contribution < -0.4 is 10.2 Å². The standard InChI is InChI=1S/C29H41N3O2.C2H6.CH4/c1-7-34-23-10-8-9-21(15-23)28(33)32(6)22-12-11-20-16-25(31-26(20)17-22)19(2)24-13-14-29(3,4)18-27(24)30-5;1-2;/h11-12,16-17,21,23,30-31H,2,7-10,13-15,18H2,1,3-6H3;1-2H3;1H4. The van der Waals surface area contributed by atoms with Gasteiger partial charge in [0.05, 0.1) is 6.10 Å². The van der Waals surface area contributed by atoms with Gasteiger partial charge in [-0.15, -0.1) is 0 Å². The van der Waals surface area contributed by atoms with E-state index in [0.29, 0.717) is 12.0 Å². The Bertz CT molecular complexity index is 1090. The summed E-state index contributed by atoms with van der Waals surface area (Å²) in [6.07, 6.45) is 7.33. The van der Waals surface area contributed by atoms with Crippen LogP contribution in [0.3, 0.4) is 0 Å². The van der Waals surface area contributed by atoms with Crippen molar-refractivity contribution in [3.05, 3.63) is 47.8 Å². The summed E-state index contributed by atoms with van der Waals surface area (Å²) < 4.78 is 5.82. The first-order valence-electron chi connectivity index (χ1n) is 13.8. The van der Waals surface area contributed by atoms with E-state index in [1.165, 1.54) is 11.3 Å². The SMILES string of the molecule is C.C=C(C1=C(NC)CC(C)(C)CC1)c1cc2ccc(N(C)C(=O)C3CCCC(OCC)C3)cc2[nH]1.CC. The van der Waals surface area contributed by atoms with Crippen molar-refractivity contribution in [3.8, 4) is 0 Å². The number of fused-ring (bicyclic) bond motifs is 1. The van der Waals surface area contributed by atoms with Crippen molar-refractivity contribution in [2.75, 3.05) is 25.6 Å². The fourth-order valence-electron chi connectivity index (χ4n) is 5.67. The molecule has 2 atom stereocenters. The van der Waals surface area contributed by atoms with Crippen molar-refractivity contribution >= 4 is 28.1 Å². The molecule has 2 N–H and O–H groups in total. The lowest BCUT2D eigenvalue weighted by Crippen LogP contribution is -2.37. The Morgan fingerprint density at radius 3 is 2.65 bits per heavy atom. The van der Waals surface area contributed by atoms with Crippen molar-refractivity contribution in [1.29, 1.82) is 0 Å². The van der Waals surface area contributed by atoms with Gasteiger partial charge in [0.15, 0.2) is 0 Å². The summed E-state index contributed by atoms with van der Waals surface area (Å²) in [4.78, 5) is 18.7. The molecule has 1 amide bonds. The van der Waals surface area contributed by atoms with Crippen molar-refractivity contribution < 1.29 is 9.53 Å². The number of hydrogen-bond donors (Lipinski definition) is 2. The van der Waals surface area contributed by atoms with Gasteiger partial charge in [-0.1, -0.05) is 54.2 Å². The second kappa shape index (κ2) is 13.3. The molecule has 2 aromatic rings. The first-order valence-corrected chi connectivity index (χ1v) is 13.8. The Morgan fingerprint density at radius 2 is 1.97 bits per heavy atom. The zero-order valence-corrected chi connectivity index (χ0v) is 23.6. The molecule has 0 saturated heterocycles. The van der Waals surface area contributed by atoms with Crippen molar-refractivity contribution in [2.45, 2.75) is 93.1 Å². The summed E-state index contributed by atoms with van der Waals surface area (Å²) in [6.45, 7) is 15.8. The number of anilines is 1. The molecule has 5 heteroatoms. The number of rotatable bonds is 7. The number of hydrogen-bond acceptors (Lipinski definition) is 3. The smallest absolute Gasteiger partial charge is 0.229 e. The van der Waals surface area contributed by atoms with Crippen LogP contribution in [0.15, 0.2) is 42.1 Å². The molecule has 1 aromatic heterocycles. The van der Waals surface area contributed by atoms with Crippen molar-refractivity contribution in [3.63, 3.8) is 0 Å². The third-order valence-electron chi connectivity index (χ3n) is 7.76. The summed E-state index contributed by atoms with van der Waals surface area (Å²) >= 11 is 0. The molecule has 0 spiro atoms. The molecule has 206 valence electrons. The van der Waals surface area contributed by atoms with Crippen molar-refractivity contribution in [1.82, 2.24) is 10.3 Å². The Labute approximate surface area is 225 Å². The fraction of sp³-hybridized carbons (Fsp3) is 0.594. The lowest BCUT2D eigenvalue weighted by Gasteiger charge is -2.33. The highest BCUT2D eigenvalue weighted by Crippen LogP contribution is 2.42. The number of carbonyl (C=O) groups excluding carboxylic acids is 1. The summed E-state index contributed by atoms with van der Waals surface area (Å²) in [5.74, 6) is 0.223. The van der Waals surface area contributed by atoms with E-state index in [1.807, 2.05) is 45.8 Å². The van der Waals surface area contributed by atoms with Gasteiger partial charge in [0.25, 0.3) is 0 Å². The molecular weight excluding hydrogens is 458 g/mol. The predicted molar refractivity (Wildman–Crippen MR) is 160 cm³/mol. The Balaban J connectivity index is 0.00000157. The van der Waals surface area contributed by atoms with Gasteiger partial charge in [0.2, 0.25) is 5.91 Å². The van der Waals surface area contributed by atoms with Gasteiger partial charge in [-0.25, -0.2) is 0 Å². The van der Waals surface area contributed by atoms with E-state index in [2.05, 4.69) is 48.9 Å². The molecule has 2 aliphatic rings. The molecule has 0 radical (unpaired) electrons. The quantitative estimate of drug-likeness (QED) is 0.396. The molecule has 4 rings (SSSR count). The number of ether oxygens (including phenoxy) is 1. The maximum atomic E-state index is 13.3. The minimum atomic E-state index is 0. The average Bonchev–Trinajstić information content (AvgIpc) is 3.32. The second-order valence-corrected chi connectivity index (χ2v) is 10.8. The highest BCUT2D eigenvalue weighted by atomic mass is 16.5. The molecule has 2 unspecified atom stereocenters. The predicted octanol–water partition coefficient (Wildman–Crippen LogP) is 8.09. The molecule has 5 nitrogen and oxygen atoms in total. The van der Waals surface area contributed by atoms with Crippen LogP contribution in [0.4, 0.5) is 5.69 Å². The third-order valence-corrected chi connectivity index (χ3v) is 7.76. The molecule has 1 saturated carbocycles. The molecule has 1 aromatic carbocycles. The number of nitrogens with one attached hydrogen (secondary N) is 2. The van der Waals surface area contributed by atoms with Crippen LogP contribution in [0.2, 0.25) is 0 Å². The topological polar surface area (TPSA) is 57.4 Å². The summed E-state index contributed by atoms with van der Waals surface area (Å²) in [6, 6.07) is 8.41. The minimum absolute atomic E-state index is 0. The highest BCUT2D eigenvalue weighted by molar-refractivity contribution is 5.97. The van der Waals surface area contributed by atoms with Crippen LogP contribution in [0.25, 0.3) is 16.5 Å². The van der Waals surface area contributed by atoms with E-state index in [0.717, 1.165) is 72.8 Å². The number of allylic oxidation sites excluding steroid dienone is 3. The van der Waals surface area contributed by atoms with Crippen LogP contribution in [-0.2, 0) is 9.53 Å². The van der Waals surface area contributed by atoms with Crippen LogP contribution >= 0.6 is 0 Å². The molecule has 37 heavy (non-hydrogen) atoms. The fourth-order valence-corrected chi connectivity index (χ4v) is 5.67. The number of carbonyl (C=O) groups is 1. The third kappa shape index (κ3) is 7.07. The highest BCUT2D eigenvalue weighted by Gasteiger charge is 2.30. The van der Waals surface area contributed by atoms with Gasteiger partial charge in [-0.3, -0.25) is 4.79 Å². The summed E-state index contributed by atoms with van der Waals surface area (Å²) in [7, 11) is 3.90. The van der Waals surface area contributed by atoms with Gasteiger partial charge in [-0.2, -0.15) is 0 Å². The number of aromatic amines is 1. The van der Waals surface area contributed by atoms with Gasteiger partial charge < -0.3 is 19.9 Å². The largest absolute Gasteiger partial charge is 0.391 e. The van der Waals surface area contributed by atoms with E-state index < -0.39 is 0 Å². The number of nitrogens with zero attached hydrogens (tertiary/aromatic N) is 1. The normalized spacial score (nSPS) is 20.9. The Hall–Kier alpha value is -2.53. The van der Waals surface area contributed by atoms with Gasteiger partial charge >= 0.3 is 0 Å². The molecular formula is C32H51N3O2. The first kappa shape index (κ1) is 30.7. The monoisotopic (exact) mass is 509 g/mol. The first-order chi connectivity index (χ1) is 17.2. The van der Waals surface area contributed by atoms with Crippen molar-refractivity contribution in [2.24, 2.45) is 11.3 Å². The lowest BCUT2D eigenvalue weighted by molar-refractivity contribution is -0.124. The molecule has 2 aliphatic carbocycles. The van der Waals surface area contributed by atoms with E-state index in [1.54, 1.807) is 0 Å². The zero-order chi connectivity index (χ0) is 26.5. The zero-order valence-electron chi connectivity index (χ0n) is 23.6. The number of aromatic nitrogens is 1. The van der Waals surface area contributed by atoms with Crippen LogP contribution in [0.1, 0.15) is 92.7 Å². The van der Waals surface area contributed by atoms with Gasteiger partial charge in [0.1, 0.15) is 0 Å².